The Hall–Kier alpha value is -3.92. The Morgan fingerprint density at radius 2 is 0.906 bits per heavy atom. The molecule has 2 atom stereocenters. The van der Waals surface area contributed by atoms with Gasteiger partial charge >= 0.3 is 0 Å². The highest BCUT2D eigenvalue weighted by Gasteiger charge is 2.20. The van der Waals surface area contributed by atoms with Gasteiger partial charge in [-0.25, -0.2) is 0 Å². The van der Waals surface area contributed by atoms with Crippen molar-refractivity contribution in [2.45, 2.75) is 26.1 Å². The van der Waals surface area contributed by atoms with Gasteiger partial charge in [0, 0.05) is 21.9 Å². The van der Waals surface area contributed by atoms with Crippen molar-refractivity contribution in [3.05, 3.63) is 108 Å². The van der Waals surface area contributed by atoms with Gasteiger partial charge in [-0.15, -0.1) is 0 Å². The number of fused-ring (bicyclic) bond motifs is 1. The molecule has 0 aliphatic rings. The SMILES string of the molecule is CC(Oc1cccc2c(OC(C)C(=O)c3ccccc3)cccc12)C(=O)c1ccccc1. The van der Waals surface area contributed by atoms with E-state index in [1.807, 2.05) is 72.8 Å². The zero-order chi connectivity index (χ0) is 22.5. The molecule has 0 amide bonds. The Balaban J connectivity index is 1.57. The molecule has 0 aliphatic heterocycles. The van der Waals surface area contributed by atoms with Crippen molar-refractivity contribution >= 4 is 22.3 Å². The lowest BCUT2D eigenvalue weighted by Crippen LogP contribution is -2.24. The summed E-state index contributed by atoms with van der Waals surface area (Å²) < 4.78 is 12.1. The molecular weight excluding hydrogens is 400 g/mol. The van der Waals surface area contributed by atoms with Crippen LogP contribution in [0.5, 0.6) is 11.5 Å². The number of carbonyl (C=O) groups excluding carboxylic acids is 2. The first-order valence-corrected chi connectivity index (χ1v) is 10.6. The van der Waals surface area contributed by atoms with Crippen LogP contribution in [0.3, 0.4) is 0 Å². The number of Topliss-reactive ketones (excluding diaryl/α,β-unsaturated/α-hetero) is 2. The molecule has 4 rings (SSSR count). The Morgan fingerprint density at radius 3 is 1.28 bits per heavy atom. The molecule has 160 valence electrons. The van der Waals surface area contributed by atoms with E-state index in [2.05, 4.69) is 0 Å². The summed E-state index contributed by atoms with van der Waals surface area (Å²) >= 11 is 0. The molecule has 4 aromatic rings. The molecule has 0 heterocycles. The van der Waals surface area contributed by atoms with Crippen LogP contribution in [0.2, 0.25) is 0 Å². The summed E-state index contributed by atoms with van der Waals surface area (Å²) in [6, 6.07) is 29.4. The lowest BCUT2D eigenvalue weighted by Gasteiger charge is -2.18. The molecule has 4 heteroatoms. The normalized spacial score (nSPS) is 12.7. The molecule has 0 aromatic heterocycles. The molecule has 4 aromatic carbocycles. The minimum Gasteiger partial charge on any atom is -0.482 e. The molecule has 0 radical (unpaired) electrons. The number of ketones is 2. The van der Waals surface area contributed by atoms with Crippen molar-refractivity contribution in [1.29, 1.82) is 0 Å². The second-order valence-electron chi connectivity index (χ2n) is 7.59. The largest absolute Gasteiger partial charge is 0.482 e. The van der Waals surface area contributed by atoms with E-state index >= 15 is 0 Å². The van der Waals surface area contributed by atoms with Crippen LogP contribution in [0.4, 0.5) is 0 Å². The Morgan fingerprint density at radius 1 is 0.531 bits per heavy atom. The first kappa shape index (κ1) is 21.3. The summed E-state index contributed by atoms with van der Waals surface area (Å²) in [5, 5.41) is 1.63. The van der Waals surface area contributed by atoms with Gasteiger partial charge in [-0.3, -0.25) is 9.59 Å². The number of benzene rings is 4. The molecule has 4 nitrogen and oxygen atoms in total. The van der Waals surface area contributed by atoms with Crippen molar-refractivity contribution in [3.63, 3.8) is 0 Å². The molecule has 0 aliphatic carbocycles. The number of hydrogen-bond donors (Lipinski definition) is 0. The molecule has 0 bridgehead atoms. The number of hydrogen-bond acceptors (Lipinski definition) is 4. The van der Waals surface area contributed by atoms with E-state index in [0.29, 0.717) is 22.6 Å². The molecule has 0 N–H and O–H groups in total. The number of ether oxygens (including phenoxy) is 2. The van der Waals surface area contributed by atoms with E-state index in [1.165, 1.54) is 0 Å². The molecule has 0 saturated heterocycles. The summed E-state index contributed by atoms with van der Waals surface area (Å²) in [6.07, 6.45) is -1.29. The third kappa shape index (κ3) is 4.54. The van der Waals surface area contributed by atoms with Gasteiger partial charge in [0.05, 0.1) is 0 Å². The summed E-state index contributed by atoms with van der Waals surface area (Å²) in [6.45, 7) is 3.49. The fraction of sp³-hybridized carbons (Fsp3) is 0.143. The van der Waals surface area contributed by atoms with Crippen molar-refractivity contribution in [2.75, 3.05) is 0 Å². The predicted molar refractivity (Wildman–Crippen MR) is 126 cm³/mol. The first-order chi connectivity index (χ1) is 15.5. The Kier molecular flexibility index (Phi) is 6.31. The quantitative estimate of drug-likeness (QED) is 0.319. The maximum absolute atomic E-state index is 12.7. The van der Waals surface area contributed by atoms with Gasteiger partial charge in [0.1, 0.15) is 11.5 Å². The molecule has 32 heavy (non-hydrogen) atoms. The van der Waals surface area contributed by atoms with Gasteiger partial charge in [-0.1, -0.05) is 84.9 Å². The number of carbonyl (C=O) groups is 2. The van der Waals surface area contributed by atoms with Crippen LogP contribution in [0.1, 0.15) is 34.6 Å². The average molecular weight is 424 g/mol. The van der Waals surface area contributed by atoms with E-state index in [-0.39, 0.29) is 11.6 Å². The van der Waals surface area contributed by atoms with Crippen molar-refractivity contribution in [2.24, 2.45) is 0 Å². The van der Waals surface area contributed by atoms with E-state index in [0.717, 1.165) is 10.8 Å². The third-order valence-corrected chi connectivity index (χ3v) is 5.30. The average Bonchev–Trinajstić information content (AvgIpc) is 2.84. The van der Waals surface area contributed by atoms with Crippen LogP contribution in [0.15, 0.2) is 97.1 Å². The van der Waals surface area contributed by atoms with Crippen LogP contribution in [-0.4, -0.2) is 23.8 Å². The maximum Gasteiger partial charge on any atom is 0.202 e. The van der Waals surface area contributed by atoms with Crippen LogP contribution in [0.25, 0.3) is 10.8 Å². The van der Waals surface area contributed by atoms with Crippen LogP contribution < -0.4 is 9.47 Å². The summed E-state index contributed by atoms with van der Waals surface area (Å²) in [7, 11) is 0. The zero-order valence-corrected chi connectivity index (χ0v) is 18.0. The van der Waals surface area contributed by atoms with E-state index in [4.69, 9.17) is 9.47 Å². The Bertz CT molecular complexity index is 1130. The van der Waals surface area contributed by atoms with Crippen LogP contribution in [0, 0.1) is 0 Å². The minimum atomic E-state index is -0.647. The summed E-state index contributed by atoms with van der Waals surface area (Å²) in [5.74, 6) is 1.01. The molecule has 0 spiro atoms. The van der Waals surface area contributed by atoms with Gasteiger partial charge in [-0.2, -0.15) is 0 Å². The molecule has 0 fully saturated rings. The monoisotopic (exact) mass is 424 g/mol. The number of rotatable bonds is 8. The lowest BCUT2D eigenvalue weighted by atomic mass is 10.1. The fourth-order valence-corrected chi connectivity index (χ4v) is 3.62. The third-order valence-electron chi connectivity index (χ3n) is 5.30. The van der Waals surface area contributed by atoms with E-state index in [9.17, 15) is 9.59 Å². The van der Waals surface area contributed by atoms with Gasteiger partial charge in [-0.05, 0) is 26.0 Å². The Labute approximate surface area is 187 Å². The van der Waals surface area contributed by atoms with Crippen LogP contribution >= 0.6 is 0 Å². The van der Waals surface area contributed by atoms with E-state index in [1.54, 1.807) is 38.1 Å². The highest BCUT2D eigenvalue weighted by atomic mass is 16.5. The van der Waals surface area contributed by atoms with Crippen molar-refractivity contribution in [3.8, 4) is 11.5 Å². The first-order valence-electron chi connectivity index (χ1n) is 10.6. The van der Waals surface area contributed by atoms with Crippen LogP contribution in [-0.2, 0) is 0 Å². The molecule has 2 unspecified atom stereocenters. The highest BCUT2D eigenvalue weighted by Crippen LogP contribution is 2.33. The smallest absolute Gasteiger partial charge is 0.202 e. The lowest BCUT2D eigenvalue weighted by molar-refractivity contribution is 0.0813. The van der Waals surface area contributed by atoms with Gasteiger partial charge < -0.3 is 9.47 Å². The van der Waals surface area contributed by atoms with Crippen molar-refractivity contribution < 1.29 is 19.1 Å². The van der Waals surface area contributed by atoms with Crippen molar-refractivity contribution in [1.82, 2.24) is 0 Å². The molecule has 0 saturated carbocycles. The maximum atomic E-state index is 12.7. The summed E-state index contributed by atoms with van der Waals surface area (Å²) in [4.78, 5) is 25.4. The van der Waals surface area contributed by atoms with Gasteiger partial charge in [0.2, 0.25) is 11.6 Å². The molecular formula is C28H24O4. The van der Waals surface area contributed by atoms with Gasteiger partial charge in [0.25, 0.3) is 0 Å². The summed E-state index contributed by atoms with van der Waals surface area (Å²) in [5.41, 5.74) is 1.22. The second kappa shape index (κ2) is 9.48. The zero-order valence-electron chi connectivity index (χ0n) is 18.0. The van der Waals surface area contributed by atoms with Gasteiger partial charge in [0.15, 0.2) is 12.2 Å². The topological polar surface area (TPSA) is 52.6 Å². The standard InChI is InChI=1S/C28H24O4/c1-19(27(29)21-11-5-3-6-12-21)31-25-17-9-16-24-23(25)15-10-18-26(24)32-20(2)28(30)22-13-7-4-8-14-22/h3-20H,1-2H3. The van der Waals surface area contributed by atoms with E-state index < -0.39 is 12.2 Å². The second-order valence-corrected chi connectivity index (χ2v) is 7.59. The fourth-order valence-electron chi connectivity index (χ4n) is 3.62. The minimum absolute atomic E-state index is 0.0860. The highest BCUT2D eigenvalue weighted by molar-refractivity contribution is 6.01. The predicted octanol–water partition coefficient (Wildman–Crippen LogP) is 6.14.